The molecule has 1 saturated heterocycles. The fourth-order valence-electron chi connectivity index (χ4n) is 4.06. The van der Waals surface area contributed by atoms with Gasteiger partial charge in [-0.05, 0) is 32.1 Å². The van der Waals surface area contributed by atoms with Gasteiger partial charge in [0.2, 0.25) is 0 Å². The van der Waals surface area contributed by atoms with Crippen LogP contribution in [-0.4, -0.2) is 17.7 Å². The first-order valence-electron chi connectivity index (χ1n) is 8.63. The lowest BCUT2D eigenvalue weighted by Gasteiger charge is -2.49. The van der Waals surface area contributed by atoms with Gasteiger partial charge in [-0.15, -0.1) is 0 Å². The molecular formula is C17H31NO2. The average Bonchev–Trinajstić information content (AvgIpc) is 2.42. The number of ether oxygens (including phenoxy) is 1. The van der Waals surface area contributed by atoms with Crippen LogP contribution < -0.4 is 5.32 Å². The van der Waals surface area contributed by atoms with E-state index in [0.717, 1.165) is 6.42 Å². The van der Waals surface area contributed by atoms with Crippen molar-refractivity contribution < 1.29 is 9.53 Å². The Balaban J connectivity index is 1.91. The third-order valence-electron chi connectivity index (χ3n) is 5.05. The number of nitrogens with one attached hydrogen (secondary N) is 1. The Labute approximate surface area is 123 Å². The molecule has 1 aliphatic heterocycles. The maximum Gasteiger partial charge on any atom is 0.304 e. The van der Waals surface area contributed by atoms with E-state index in [1.165, 1.54) is 64.2 Å². The molecule has 0 aromatic rings. The van der Waals surface area contributed by atoms with Gasteiger partial charge < -0.3 is 4.74 Å². The summed E-state index contributed by atoms with van der Waals surface area (Å²) in [6, 6.07) is 0.542. The Hall–Kier alpha value is -0.570. The molecule has 0 amide bonds. The maximum atomic E-state index is 11.5. The Kier molecular flexibility index (Phi) is 5.88. The molecule has 0 aromatic carbocycles. The lowest BCUT2D eigenvalue weighted by molar-refractivity contribution is -0.182. The molecule has 0 spiro atoms. The quantitative estimate of drug-likeness (QED) is 0.587. The van der Waals surface area contributed by atoms with Crippen LogP contribution in [0.25, 0.3) is 0 Å². The fourth-order valence-corrected chi connectivity index (χ4v) is 4.06. The number of esters is 1. The molecule has 0 radical (unpaired) electrons. The molecule has 3 nitrogen and oxygen atoms in total. The van der Waals surface area contributed by atoms with Gasteiger partial charge in [-0.3, -0.25) is 10.1 Å². The van der Waals surface area contributed by atoms with E-state index in [-0.39, 0.29) is 11.7 Å². The second-order valence-electron chi connectivity index (χ2n) is 6.69. The summed E-state index contributed by atoms with van der Waals surface area (Å²) < 4.78 is 5.79. The van der Waals surface area contributed by atoms with Crippen LogP contribution in [-0.2, 0) is 9.53 Å². The van der Waals surface area contributed by atoms with Crippen molar-refractivity contribution in [2.45, 2.75) is 96.2 Å². The monoisotopic (exact) mass is 281 g/mol. The van der Waals surface area contributed by atoms with Crippen LogP contribution in [0.1, 0.15) is 84.5 Å². The van der Waals surface area contributed by atoms with E-state index >= 15 is 0 Å². The SMILES string of the molecule is CCCCCC[C@H]1CC[C@@H]2CCCC[C@@]2(OC(C)=O)N1. The molecule has 116 valence electrons. The van der Waals surface area contributed by atoms with Crippen molar-refractivity contribution in [3.63, 3.8) is 0 Å². The van der Waals surface area contributed by atoms with Crippen LogP contribution in [0.15, 0.2) is 0 Å². The van der Waals surface area contributed by atoms with Crippen molar-refractivity contribution in [1.29, 1.82) is 0 Å². The highest BCUT2D eigenvalue weighted by molar-refractivity contribution is 5.66. The molecule has 1 N–H and O–H groups in total. The second-order valence-corrected chi connectivity index (χ2v) is 6.69. The molecule has 0 bridgehead atoms. The minimum absolute atomic E-state index is 0.129. The minimum atomic E-state index is -0.336. The first-order valence-corrected chi connectivity index (χ1v) is 8.63. The van der Waals surface area contributed by atoms with Gasteiger partial charge >= 0.3 is 5.97 Å². The molecule has 0 unspecified atom stereocenters. The smallest absolute Gasteiger partial charge is 0.304 e. The van der Waals surface area contributed by atoms with Crippen LogP contribution in [0.2, 0.25) is 0 Å². The first kappa shape index (κ1) is 15.8. The number of hydrogen-bond donors (Lipinski definition) is 1. The first-order chi connectivity index (χ1) is 9.66. The maximum absolute atomic E-state index is 11.5. The molecule has 1 saturated carbocycles. The fraction of sp³-hybridized carbons (Fsp3) is 0.941. The van der Waals surface area contributed by atoms with Gasteiger partial charge in [0.25, 0.3) is 0 Å². The summed E-state index contributed by atoms with van der Waals surface area (Å²) in [6.07, 6.45) is 13.6. The van der Waals surface area contributed by atoms with Crippen molar-refractivity contribution in [3.05, 3.63) is 0 Å². The van der Waals surface area contributed by atoms with Crippen molar-refractivity contribution in [3.8, 4) is 0 Å². The predicted molar refractivity (Wildman–Crippen MR) is 81.4 cm³/mol. The summed E-state index contributed by atoms with van der Waals surface area (Å²) in [5.41, 5.74) is -0.336. The number of rotatable bonds is 6. The number of unbranched alkanes of at least 4 members (excludes halogenated alkanes) is 3. The Morgan fingerprint density at radius 3 is 2.80 bits per heavy atom. The van der Waals surface area contributed by atoms with Crippen molar-refractivity contribution in [1.82, 2.24) is 5.32 Å². The molecule has 0 aromatic heterocycles. The molecule has 1 aliphatic carbocycles. The molecule has 20 heavy (non-hydrogen) atoms. The van der Waals surface area contributed by atoms with Crippen LogP contribution in [0.5, 0.6) is 0 Å². The lowest BCUT2D eigenvalue weighted by Crippen LogP contribution is -2.62. The zero-order valence-electron chi connectivity index (χ0n) is 13.2. The molecule has 2 fully saturated rings. The van der Waals surface area contributed by atoms with E-state index in [1.54, 1.807) is 6.92 Å². The molecule has 2 aliphatic rings. The Morgan fingerprint density at radius 2 is 2.05 bits per heavy atom. The molecule has 1 heterocycles. The van der Waals surface area contributed by atoms with Gasteiger partial charge in [-0.1, -0.05) is 39.0 Å². The zero-order chi connectivity index (χ0) is 14.4. The van der Waals surface area contributed by atoms with Crippen molar-refractivity contribution in [2.24, 2.45) is 5.92 Å². The van der Waals surface area contributed by atoms with E-state index < -0.39 is 0 Å². The number of carbonyl (C=O) groups excluding carboxylic acids is 1. The van der Waals surface area contributed by atoms with E-state index in [9.17, 15) is 4.79 Å². The Morgan fingerprint density at radius 1 is 1.20 bits per heavy atom. The molecular weight excluding hydrogens is 250 g/mol. The number of piperidine rings is 1. The van der Waals surface area contributed by atoms with E-state index in [0.29, 0.717) is 12.0 Å². The van der Waals surface area contributed by atoms with Gasteiger partial charge in [0.05, 0.1) is 0 Å². The summed E-state index contributed by atoms with van der Waals surface area (Å²) in [4.78, 5) is 11.5. The van der Waals surface area contributed by atoms with E-state index in [4.69, 9.17) is 4.74 Å². The summed E-state index contributed by atoms with van der Waals surface area (Å²) in [6.45, 7) is 3.80. The third-order valence-corrected chi connectivity index (χ3v) is 5.05. The highest BCUT2D eigenvalue weighted by Crippen LogP contribution is 2.42. The summed E-state index contributed by atoms with van der Waals surface area (Å²) >= 11 is 0. The van der Waals surface area contributed by atoms with Gasteiger partial charge in [-0.2, -0.15) is 0 Å². The third kappa shape index (κ3) is 3.97. The van der Waals surface area contributed by atoms with Crippen LogP contribution in [0, 0.1) is 5.92 Å². The van der Waals surface area contributed by atoms with E-state index in [1.807, 2.05) is 0 Å². The van der Waals surface area contributed by atoms with Crippen molar-refractivity contribution in [2.75, 3.05) is 0 Å². The van der Waals surface area contributed by atoms with E-state index in [2.05, 4.69) is 12.2 Å². The largest absolute Gasteiger partial charge is 0.444 e. The molecule has 3 heteroatoms. The van der Waals surface area contributed by atoms with Gasteiger partial charge in [0, 0.05) is 25.3 Å². The lowest BCUT2D eigenvalue weighted by atomic mass is 9.74. The number of fused-ring (bicyclic) bond motifs is 1. The zero-order valence-corrected chi connectivity index (χ0v) is 13.2. The standard InChI is InChI=1S/C17H31NO2/c1-3-4-5-6-10-16-12-11-15-9-7-8-13-17(15,18-16)20-14(2)19/h15-16,18H,3-13H2,1-2H3/t15-,16-,17-/m0/s1. The Bertz CT molecular complexity index is 318. The number of carbonyl (C=O) groups is 1. The summed E-state index contributed by atoms with van der Waals surface area (Å²) in [7, 11) is 0. The summed E-state index contributed by atoms with van der Waals surface area (Å²) in [5.74, 6) is 0.406. The highest BCUT2D eigenvalue weighted by Gasteiger charge is 2.47. The summed E-state index contributed by atoms with van der Waals surface area (Å²) in [5, 5.41) is 3.73. The van der Waals surface area contributed by atoms with Gasteiger partial charge in [0.1, 0.15) is 0 Å². The van der Waals surface area contributed by atoms with Crippen LogP contribution in [0.3, 0.4) is 0 Å². The normalized spacial score (nSPS) is 33.5. The highest BCUT2D eigenvalue weighted by atomic mass is 16.6. The van der Waals surface area contributed by atoms with Crippen LogP contribution >= 0.6 is 0 Å². The van der Waals surface area contributed by atoms with Crippen LogP contribution in [0.4, 0.5) is 0 Å². The average molecular weight is 281 g/mol. The number of hydrogen-bond acceptors (Lipinski definition) is 3. The molecule has 2 rings (SSSR count). The second kappa shape index (κ2) is 7.44. The van der Waals surface area contributed by atoms with Gasteiger partial charge in [0.15, 0.2) is 5.72 Å². The predicted octanol–water partition coefficient (Wildman–Crippen LogP) is 4.16. The topological polar surface area (TPSA) is 38.3 Å². The molecule has 3 atom stereocenters. The minimum Gasteiger partial charge on any atom is -0.444 e. The van der Waals surface area contributed by atoms with Crippen molar-refractivity contribution >= 4 is 5.97 Å². The van der Waals surface area contributed by atoms with Gasteiger partial charge in [-0.25, -0.2) is 0 Å².